The van der Waals surface area contributed by atoms with Gasteiger partial charge in [-0.1, -0.05) is 65.7 Å². The van der Waals surface area contributed by atoms with Gasteiger partial charge in [-0.25, -0.2) is 0 Å². The maximum absolute atomic E-state index is 2.29. The van der Waals surface area contributed by atoms with Gasteiger partial charge in [0.25, 0.3) is 0 Å². The van der Waals surface area contributed by atoms with E-state index in [4.69, 9.17) is 0 Å². The van der Waals surface area contributed by atoms with Gasteiger partial charge < -0.3 is 0 Å². The highest BCUT2D eigenvalue weighted by Gasteiger charge is 2.03. The lowest BCUT2D eigenvalue weighted by Crippen LogP contribution is -1.87. The standard InChI is InChI=1S/C22H22/c1-15-5-7-19(8-6-15)9-10-20-13-18(4)21-12-16(2)11-17(3)22(21)14-20/h5-14H,1-4H3/b10-9+. The van der Waals surface area contributed by atoms with E-state index in [9.17, 15) is 0 Å². The summed E-state index contributed by atoms with van der Waals surface area (Å²) in [5.74, 6) is 0. The molecule has 0 aromatic heterocycles. The number of fused-ring (bicyclic) bond motifs is 1. The molecule has 0 heterocycles. The smallest absolute Gasteiger partial charge is 0.0146 e. The fraction of sp³-hybridized carbons (Fsp3) is 0.182. The molecule has 0 fully saturated rings. The SMILES string of the molecule is Cc1ccc(/C=C/c2cc(C)c3cc(C)cc(C)c3c2)cc1. The molecule has 3 rings (SSSR count). The van der Waals surface area contributed by atoms with Crippen LogP contribution in [0, 0.1) is 27.7 Å². The summed E-state index contributed by atoms with van der Waals surface area (Å²) in [6.07, 6.45) is 4.39. The van der Waals surface area contributed by atoms with Crippen LogP contribution >= 0.6 is 0 Å². The van der Waals surface area contributed by atoms with E-state index in [1.165, 1.54) is 44.2 Å². The molecule has 0 N–H and O–H groups in total. The van der Waals surface area contributed by atoms with E-state index >= 15 is 0 Å². The predicted octanol–water partition coefficient (Wildman–Crippen LogP) is 6.24. The summed E-state index contributed by atoms with van der Waals surface area (Å²) in [4.78, 5) is 0. The van der Waals surface area contributed by atoms with Gasteiger partial charge in [-0.3, -0.25) is 0 Å². The van der Waals surface area contributed by atoms with E-state index in [2.05, 4.69) is 88.4 Å². The van der Waals surface area contributed by atoms with Crippen LogP contribution in [-0.2, 0) is 0 Å². The van der Waals surface area contributed by atoms with Crippen molar-refractivity contribution in [3.05, 3.63) is 81.9 Å². The molecular formula is C22H22. The summed E-state index contributed by atoms with van der Waals surface area (Å²) in [6.45, 7) is 8.68. The highest BCUT2D eigenvalue weighted by molar-refractivity contribution is 5.91. The molecule has 0 nitrogen and oxygen atoms in total. The maximum atomic E-state index is 2.29. The minimum absolute atomic E-state index is 1.24. The maximum Gasteiger partial charge on any atom is -0.0146 e. The Morgan fingerprint density at radius 2 is 1.14 bits per heavy atom. The molecule has 0 amide bonds. The lowest BCUT2D eigenvalue weighted by atomic mass is 9.96. The van der Waals surface area contributed by atoms with E-state index < -0.39 is 0 Å². The monoisotopic (exact) mass is 286 g/mol. The Morgan fingerprint density at radius 1 is 0.545 bits per heavy atom. The zero-order chi connectivity index (χ0) is 15.7. The van der Waals surface area contributed by atoms with Crippen LogP contribution in [0.4, 0.5) is 0 Å². The van der Waals surface area contributed by atoms with Crippen molar-refractivity contribution in [3.63, 3.8) is 0 Å². The quantitative estimate of drug-likeness (QED) is 0.489. The van der Waals surface area contributed by atoms with Crippen LogP contribution in [0.3, 0.4) is 0 Å². The molecule has 0 spiro atoms. The normalized spacial score (nSPS) is 11.5. The topological polar surface area (TPSA) is 0 Å². The van der Waals surface area contributed by atoms with Gasteiger partial charge in [-0.2, -0.15) is 0 Å². The molecule has 3 aromatic carbocycles. The number of benzene rings is 3. The van der Waals surface area contributed by atoms with Crippen molar-refractivity contribution in [3.8, 4) is 0 Å². The Morgan fingerprint density at radius 3 is 1.86 bits per heavy atom. The van der Waals surface area contributed by atoms with E-state index in [1.807, 2.05) is 0 Å². The Bertz CT molecular complexity index is 849. The first-order valence-electron chi connectivity index (χ1n) is 7.79. The first-order valence-corrected chi connectivity index (χ1v) is 7.79. The molecule has 0 aliphatic heterocycles. The Kier molecular flexibility index (Phi) is 3.85. The highest BCUT2D eigenvalue weighted by atomic mass is 14.1. The lowest BCUT2D eigenvalue weighted by Gasteiger charge is -2.09. The third-order valence-corrected chi connectivity index (χ3v) is 4.20. The third kappa shape index (κ3) is 2.96. The first-order chi connectivity index (χ1) is 10.5. The van der Waals surface area contributed by atoms with Crippen LogP contribution in [0.1, 0.15) is 33.4 Å². The Labute approximate surface area is 133 Å². The van der Waals surface area contributed by atoms with Crippen molar-refractivity contribution in [2.75, 3.05) is 0 Å². The molecule has 110 valence electrons. The minimum Gasteiger partial charge on any atom is -0.0587 e. The average Bonchev–Trinajstić information content (AvgIpc) is 2.48. The van der Waals surface area contributed by atoms with Crippen molar-refractivity contribution in [2.45, 2.75) is 27.7 Å². The lowest BCUT2D eigenvalue weighted by molar-refractivity contribution is 1.41. The summed E-state index contributed by atoms with van der Waals surface area (Å²) in [6, 6.07) is 17.7. The third-order valence-electron chi connectivity index (χ3n) is 4.20. The zero-order valence-electron chi connectivity index (χ0n) is 13.8. The predicted molar refractivity (Wildman–Crippen MR) is 98.3 cm³/mol. The molecule has 0 heteroatoms. The van der Waals surface area contributed by atoms with E-state index in [1.54, 1.807) is 0 Å². The van der Waals surface area contributed by atoms with Gasteiger partial charge in [0, 0.05) is 0 Å². The van der Waals surface area contributed by atoms with E-state index in [0.29, 0.717) is 0 Å². The van der Waals surface area contributed by atoms with Crippen LogP contribution in [-0.4, -0.2) is 0 Å². The summed E-state index contributed by atoms with van der Waals surface area (Å²) < 4.78 is 0. The average molecular weight is 286 g/mol. The van der Waals surface area contributed by atoms with Crippen molar-refractivity contribution >= 4 is 22.9 Å². The Hall–Kier alpha value is -2.34. The van der Waals surface area contributed by atoms with Gasteiger partial charge >= 0.3 is 0 Å². The molecule has 3 aromatic rings. The minimum atomic E-state index is 1.24. The zero-order valence-corrected chi connectivity index (χ0v) is 13.8. The van der Waals surface area contributed by atoms with Gasteiger partial charge in [0.2, 0.25) is 0 Å². The molecule has 0 saturated carbocycles. The molecule has 0 aliphatic carbocycles. The van der Waals surface area contributed by atoms with Crippen LogP contribution in [0.2, 0.25) is 0 Å². The van der Waals surface area contributed by atoms with Crippen LogP contribution in [0.15, 0.2) is 48.5 Å². The van der Waals surface area contributed by atoms with E-state index in [0.717, 1.165) is 0 Å². The molecule has 0 saturated heterocycles. The number of hydrogen-bond donors (Lipinski definition) is 0. The Balaban J connectivity index is 2.03. The number of rotatable bonds is 2. The second kappa shape index (κ2) is 5.81. The van der Waals surface area contributed by atoms with Gasteiger partial charge in [-0.05, 0) is 66.8 Å². The summed E-state index contributed by atoms with van der Waals surface area (Å²) in [5, 5.41) is 2.72. The highest BCUT2D eigenvalue weighted by Crippen LogP contribution is 2.26. The fourth-order valence-electron chi connectivity index (χ4n) is 3.00. The van der Waals surface area contributed by atoms with Gasteiger partial charge in [0.15, 0.2) is 0 Å². The largest absolute Gasteiger partial charge is 0.0587 e. The molecule has 0 radical (unpaired) electrons. The number of aryl methyl sites for hydroxylation is 4. The van der Waals surface area contributed by atoms with E-state index in [-0.39, 0.29) is 0 Å². The molecule has 0 aliphatic rings. The van der Waals surface area contributed by atoms with Gasteiger partial charge in [0.05, 0.1) is 0 Å². The molecule has 22 heavy (non-hydrogen) atoms. The van der Waals surface area contributed by atoms with Crippen LogP contribution < -0.4 is 0 Å². The molecular weight excluding hydrogens is 264 g/mol. The first kappa shape index (κ1) is 14.6. The fourth-order valence-corrected chi connectivity index (χ4v) is 3.00. The second-order valence-electron chi connectivity index (χ2n) is 6.26. The number of hydrogen-bond acceptors (Lipinski definition) is 0. The van der Waals surface area contributed by atoms with Gasteiger partial charge in [0.1, 0.15) is 0 Å². The van der Waals surface area contributed by atoms with Gasteiger partial charge in [-0.15, -0.1) is 0 Å². The summed E-state index contributed by atoms with van der Waals surface area (Å²) >= 11 is 0. The van der Waals surface area contributed by atoms with Crippen molar-refractivity contribution < 1.29 is 0 Å². The second-order valence-corrected chi connectivity index (χ2v) is 6.26. The van der Waals surface area contributed by atoms with Crippen molar-refractivity contribution in [1.82, 2.24) is 0 Å². The van der Waals surface area contributed by atoms with Crippen LogP contribution in [0.5, 0.6) is 0 Å². The van der Waals surface area contributed by atoms with Crippen molar-refractivity contribution in [1.29, 1.82) is 0 Å². The van der Waals surface area contributed by atoms with Crippen molar-refractivity contribution in [2.24, 2.45) is 0 Å². The molecule has 0 bridgehead atoms. The summed E-state index contributed by atoms with van der Waals surface area (Å²) in [5.41, 5.74) is 7.82. The molecule has 0 atom stereocenters. The van der Waals surface area contributed by atoms with Crippen LogP contribution in [0.25, 0.3) is 22.9 Å². The summed E-state index contributed by atoms with van der Waals surface area (Å²) in [7, 11) is 0. The molecule has 0 unspecified atom stereocenters.